The van der Waals surface area contributed by atoms with Crippen molar-refractivity contribution < 1.29 is 9.59 Å². The molecule has 0 saturated heterocycles. The van der Waals surface area contributed by atoms with E-state index in [1.807, 2.05) is 6.92 Å². The minimum absolute atomic E-state index is 0.230. The zero-order valence-corrected chi connectivity index (χ0v) is 10.3. The van der Waals surface area contributed by atoms with Crippen molar-refractivity contribution in [1.29, 1.82) is 0 Å². The molecule has 0 bridgehead atoms. The van der Waals surface area contributed by atoms with Gasteiger partial charge >= 0.3 is 0 Å². The summed E-state index contributed by atoms with van der Waals surface area (Å²) in [6, 6.07) is 6.86. The first kappa shape index (κ1) is 11.5. The van der Waals surface area contributed by atoms with E-state index in [4.69, 9.17) is 0 Å². The quantitative estimate of drug-likeness (QED) is 0.762. The molecule has 0 atom stereocenters. The van der Waals surface area contributed by atoms with E-state index in [0.717, 1.165) is 11.1 Å². The normalized spacial score (nSPS) is 13.8. The molecule has 0 N–H and O–H groups in total. The molecular formula is C14H11N3O2. The van der Waals surface area contributed by atoms with Crippen LogP contribution in [0, 0.1) is 6.92 Å². The number of amides is 2. The first-order valence-corrected chi connectivity index (χ1v) is 5.90. The van der Waals surface area contributed by atoms with Crippen LogP contribution in [0.2, 0.25) is 0 Å². The van der Waals surface area contributed by atoms with E-state index in [2.05, 4.69) is 10.2 Å². The van der Waals surface area contributed by atoms with Gasteiger partial charge in [-0.2, -0.15) is 10.2 Å². The van der Waals surface area contributed by atoms with Crippen molar-refractivity contribution in [1.82, 2.24) is 15.1 Å². The predicted molar refractivity (Wildman–Crippen MR) is 67.4 cm³/mol. The van der Waals surface area contributed by atoms with Crippen molar-refractivity contribution in [3.05, 3.63) is 58.9 Å². The van der Waals surface area contributed by atoms with Gasteiger partial charge in [-0.15, -0.1) is 0 Å². The van der Waals surface area contributed by atoms with Crippen LogP contribution in [0.1, 0.15) is 31.8 Å². The number of carbonyl (C=O) groups excluding carboxylic acids is 2. The van der Waals surface area contributed by atoms with Crippen molar-refractivity contribution in [2.45, 2.75) is 13.5 Å². The highest BCUT2D eigenvalue weighted by Gasteiger charge is 2.35. The fourth-order valence-corrected chi connectivity index (χ4v) is 2.13. The van der Waals surface area contributed by atoms with Crippen LogP contribution in [0.3, 0.4) is 0 Å². The summed E-state index contributed by atoms with van der Waals surface area (Å²) in [5, 5.41) is 7.55. The summed E-state index contributed by atoms with van der Waals surface area (Å²) in [6.45, 7) is 2.11. The first-order valence-electron chi connectivity index (χ1n) is 5.90. The Bertz CT molecular complexity index is 647. The number of hydrogen-bond donors (Lipinski definition) is 0. The lowest BCUT2D eigenvalue weighted by atomic mass is 10.1. The van der Waals surface area contributed by atoms with Crippen LogP contribution in [-0.2, 0) is 6.54 Å². The van der Waals surface area contributed by atoms with Gasteiger partial charge in [-0.25, -0.2) is 0 Å². The monoisotopic (exact) mass is 253 g/mol. The molecule has 0 saturated carbocycles. The first-order chi connectivity index (χ1) is 9.18. The molecule has 0 unspecified atom stereocenters. The Kier molecular flexibility index (Phi) is 2.59. The van der Waals surface area contributed by atoms with E-state index in [-0.39, 0.29) is 18.4 Å². The molecule has 0 radical (unpaired) electrons. The Balaban J connectivity index is 1.95. The van der Waals surface area contributed by atoms with Gasteiger partial charge in [0.05, 0.1) is 30.1 Å². The van der Waals surface area contributed by atoms with Gasteiger partial charge in [-0.05, 0) is 30.2 Å². The van der Waals surface area contributed by atoms with Gasteiger partial charge in [0.15, 0.2) is 0 Å². The number of nitrogens with zero attached hydrogens (tertiary/aromatic N) is 3. The van der Waals surface area contributed by atoms with E-state index in [1.165, 1.54) is 4.90 Å². The fraction of sp³-hybridized carbons (Fsp3) is 0.143. The molecule has 2 amide bonds. The molecule has 19 heavy (non-hydrogen) atoms. The Morgan fingerprint density at radius 3 is 2.16 bits per heavy atom. The minimum Gasteiger partial charge on any atom is -0.270 e. The van der Waals surface area contributed by atoms with E-state index in [1.54, 1.807) is 36.7 Å². The number of benzene rings is 1. The van der Waals surface area contributed by atoms with Crippen LogP contribution < -0.4 is 0 Å². The summed E-state index contributed by atoms with van der Waals surface area (Å²) in [5.74, 6) is -0.506. The van der Waals surface area contributed by atoms with E-state index >= 15 is 0 Å². The summed E-state index contributed by atoms with van der Waals surface area (Å²) in [7, 11) is 0. The van der Waals surface area contributed by atoms with Gasteiger partial charge in [0.2, 0.25) is 0 Å². The van der Waals surface area contributed by atoms with E-state index in [0.29, 0.717) is 11.1 Å². The molecule has 2 heterocycles. The van der Waals surface area contributed by atoms with Crippen molar-refractivity contribution in [2.75, 3.05) is 0 Å². The summed E-state index contributed by atoms with van der Waals surface area (Å²) in [5.41, 5.74) is 2.66. The van der Waals surface area contributed by atoms with Crippen LogP contribution in [0.5, 0.6) is 0 Å². The maximum Gasteiger partial charge on any atom is 0.261 e. The van der Waals surface area contributed by atoms with E-state index < -0.39 is 0 Å². The molecule has 94 valence electrons. The average molecular weight is 253 g/mol. The standard InChI is InChI=1S/C14H11N3O2/c1-9-6-15-16-7-10(9)8-17-13(18)11-4-2-3-5-12(11)14(17)19/h2-7H,8H2,1H3. The second kappa shape index (κ2) is 4.28. The van der Waals surface area contributed by atoms with Crippen LogP contribution >= 0.6 is 0 Å². The largest absolute Gasteiger partial charge is 0.270 e. The number of aromatic nitrogens is 2. The SMILES string of the molecule is Cc1cnncc1CN1C(=O)c2ccccc2C1=O. The summed E-state index contributed by atoms with van der Waals surface area (Å²) < 4.78 is 0. The molecular weight excluding hydrogens is 242 g/mol. The maximum atomic E-state index is 12.2. The van der Waals surface area contributed by atoms with Gasteiger partial charge < -0.3 is 0 Å². The van der Waals surface area contributed by atoms with Crippen molar-refractivity contribution >= 4 is 11.8 Å². The second-order valence-electron chi connectivity index (χ2n) is 4.44. The molecule has 0 fully saturated rings. The molecule has 5 nitrogen and oxygen atoms in total. The molecule has 3 rings (SSSR count). The number of imide groups is 1. The van der Waals surface area contributed by atoms with Crippen molar-refractivity contribution in [2.24, 2.45) is 0 Å². The topological polar surface area (TPSA) is 63.2 Å². The molecule has 1 aliphatic rings. The predicted octanol–water partition coefficient (Wildman–Crippen LogP) is 1.58. The molecule has 5 heteroatoms. The number of fused-ring (bicyclic) bond motifs is 1. The number of carbonyl (C=O) groups is 2. The lowest BCUT2D eigenvalue weighted by molar-refractivity contribution is 0.0642. The maximum absolute atomic E-state index is 12.2. The highest BCUT2D eigenvalue weighted by atomic mass is 16.2. The van der Waals surface area contributed by atoms with Gasteiger partial charge in [0.25, 0.3) is 11.8 Å². The third-order valence-electron chi connectivity index (χ3n) is 3.24. The molecule has 1 aliphatic heterocycles. The van der Waals surface area contributed by atoms with E-state index in [9.17, 15) is 9.59 Å². The average Bonchev–Trinajstić information content (AvgIpc) is 2.67. The summed E-state index contributed by atoms with van der Waals surface area (Å²) in [4.78, 5) is 25.6. The Morgan fingerprint density at radius 1 is 1.00 bits per heavy atom. The van der Waals surface area contributed by atoms with Gasteiger partial charge in [-0.1, -0.05) is 12.1 Å². The zero-order chi connectivity index (χ0) is 13.4. The smallest absolute Gasteiger partial charge is 0.261 e. The third-order valence-corrected chi connectivity index (χ3v) is 3.24. The molecule has 2 aromatic rings. The van der Waals surface area contributed by atoms with Gasteiger partial charge in [0.1, 0.15) is 0 Å². The van der Waals surface area contributed by atoms with Crippen LogP contribution in [-0.4, -0.2) is 26.9 Å². The molecule has 1 aromatic heterocycles. The summed E-state index contributed by atoms with van der Waals surface area (Å²) in [6.07, 6.45) is 3.20. The lowest BCUT2D eigenvalue weighted by Gasteiger charge is -2.14. The summed E-state index contributed by atoms with van der Waals surface area (Å²) >= 11 is 0. The van der Waals surface area contributed by atoms with Gasteiger partial charge in [-0.3, -0.25) is 14.5 Å². The number of rotatable bonds is 2. The highest BCUT2D eigenvalue weighted by molar-refractivity contribution is 6.21. The Morgan fingerprint density at radius 2 is 1.58 bits per heavy atom. The van der Waals surface area contributed by atoms with Crippen molar-refractivity contribution in [3.63, 3.8) is 0 Å². The Hall–Kier alpha value is -2.56. The van der Waals surface area contributed by atoms with Crippen LogP contribution in [0.25, 0.3) is 0 Å². The van der Waals surface area contributed by atoms with Crippen LogP contribution in [0.4, 0.5) is 0 Å². The third kappa shape index (κ3) is 1.79. The molecule has 0 spiro atoms. The van der Waals surface area contributed by atoms with Crippen LogP contribution in [0.15, 0.2) is 36.7 Å². The highest BCUT2D eigenvalue weighted by Crippen LogP contribution is 2.24. The number of hydrogen-bond acceptors (Lipinski definition) is 4. The van der Waals surface area contributed by atoms with Crippen molar-refractivity contribution in [3.8, 4) is 0 Å². The minimum atomic E-state index is -0.253. The van der Waals surface area contributed by atoms with Gasteiger partial charge in [0, 0.05) is 0 Å². The second-order valence-corrected chi connectivity index (χ2v) is 4.44. The Labute approximate surface area is 109 Å². The lowest BCUT2D eigenvalue weighted by Crippen LogP contribution is -2.29. The zero-order valence-electron chi connectivity index (χ0n) is 10.3. The molecule has 1 aromatic carbocycles. The molecule has 0 aliphatic carbocycles. The number of aryl methyl sites for hydroxylation is 1. The fourth-order valence-electron chi connectivity index (χ4n) is 2.13.